The molecule has 1 fully saturated rings. The van der Waals surface area contributed by atoms with E-state index in [4.69, 9.17) is 0 Å². The fourth-order valence-electron chi connectivity index (χ4n) is 1.98. The Morgan fingerprint density at radius 3 is 2.93 bits per heavy atom. The fourth-order valence-corrected chi connectivity index (χ4v) is 1.98. The van der Waals surface area contributed by atoms with E-state index in [1.54, 1.807) is 0 Å². The third-order valence-corrected chi connectivity index (χ3v) is 2.61. The molecule has 2 N–H and O–H groups in total. The summed E-state index contributed by atoms with van der Waals surface area (Å²) in [5.74, 6) is 1.79. The molecule has 4 nitrogen and oxygen atoms in total. The van der Waals surface area contributed by atoms with Gasteiger partial charge in [0.05, 0.1) is 0 Å². The largest absolute Gasteiger partial charge is 0.366 e. The first-order chi connectivity index (χ1) is 7.24. The predicted molar refractivity (Wildman–Crippen MR) is 61.0 cm³/mol. The monoisotopic (exact) mass is 206 g/mol. The summed E-state index contributed by atoms with van der Waals surface area (Å²) in [6.07, 6.45) is 2.45. The van der Waals surface area contributed by atoms with Crippen molar-refractivity contribution >= 4 is 5.82 Å². The standard InChI is InChI=1S/C11H18N4/c1-8-6-11(14-9(2)13-8)15-10-4-3-5-12-7-10/h6,10,12H,3-5,7H2,1-2H3,(H,13,14,15). The maximum Gasteiger partial charge on any atom is 0.130 e. The quantitative estimate of drug-likeness (QED) is 0.765. The predicted octanol–water partition coefficient (Wildman–Crippen LogP) is 1.26. The summed E-state index contributed by atoms with van der Waals surface area (Å²) in [5.41, 5.74) is 1.02. The van der Waals surface area contributed by atoms with Crippen molar-refractivity contribution in [3.63, 3.8) is 0 Å². The lowest BCUT2D eigenvalue weighted by Gasteiger charge is -2.24. The molecule has 1 aromatic rings. The lowest BCUT2D eigenvalue weighted by Crippen LogP contribution is -2.38. The number of aryl methyl sites for hydroxylation is 2. The summed E-state index contributed by atoms with van der Waals surface area (Å²) in [4.78, 5) is 8.64. The van der Waals surface area contributed by atoms with E-state index in [0.717, 1.165) is 30.4 Å². The van der Waals surface area contributed by atoms with Crippen LogP contribution in [0.3, 0.4) is 0 Å². The number of nitrogens with zero attached hydrogens (tertiary/aromatic N) is 2. The van der Waals surface area contributed by atoms with Crippen molar-refractivity contribution in [1.29, 1.82) is 0 Å². The van der Waals surface area contributed by atoms with E-state index in [9.17, 15) is 0 Å². The van der Waals surface area contributed by atoms with Crippen LogP contribution in [0.1, 0.15) is 24.4 Å². The highest BCUT2D eigenvalue weighted by molar-refractivity contribution is 5.37. The maximum atomic E-state index is 4.38. The van der Waals surface area contributed by atoms with Gasteiger partial charge in [-0.2, -0.15) is 0 Å². The molecule has 2 rings (SSSR count). The summed E-state index contributed by atoms with van der Waals surface area (Å²) >= 11 is 0. The number of hydrogen-bond acceptors (Lipinski definition) is 4. The highest BCUT2D eigenvalue weighted by Gasteiger charge is 2.13. The van der Waals surface area contributed by atoms with E-state index >= 15 is 0 Å². The Kier molecular flexibility index (Phi) is 3.16. The van der Waals surface area contributed by atoms with E-state index < -0.39 is 0 Å². The average Bonchev–Trinajstić information content (AvgIpc) is 2.17. The highest BCUT2D eigenvalue weighted by atomic mass is 15.1. The van der Waals surface area contributed by atoms with Crippen molar-refractivity contribution in [2.24, 2.45) is 0 Å². The van der Waals surface area contributed by atoms with Crippen molar-refractivity contribution in [1.82, 2.24) is 15.3 Å². The molecule has 0 bridgehead atoms. The van der Waals surface area contributed by atoms with Crippen LogP contribution in [0.15, 0.2) is 6.07 Å². The maximum absolute atomic E-state index is 4.38. The first-order valence-corrected chi connectivity index (χ1v) is 5.53. The van der Waals surface area contributed by atoms with Crippen LogP contribution in [-0.2, 0) is 0 Å². The van der Waals surface area contributed by atoms with Gasteiger partial charge >= 0.3 is 0 Å². The molecule has 1 atom stereocenters. The number of nitrogens with one attached hydrogen (secondary N) is 2. The molecule has 15 heavy (non-hydrogen) atoms. The second-order valence-electron chi connectivity index (χ2n) is 4.13. The average molecular weight is 206 g/mol. The highest BCUT2D eigenvalue weighted by Crippen LogP contribution is 2.11. The van der Waals surface area contributed by atoms with Crippen LogP contribution >= 0.6 is 0 Å². The second-order valence-corrected chi connectivity index (χ2v) is 4.13. The normalized spacial score (nSPS) is 21.3. The molecule has 0 saturated carbocycles. The third kappa shape index (κ3) is 2.89. The molecule has 4 heteroatoms. The topological polar surface area (TPSA) is 49.8 Å². The Morgan fingerprint density at radius 2 is 2.27 bits per heavy atom. The Hall–Kier alpha value is -1.16. The summed E-state index contributed by atoms with van der Waals surface area (Å²) in [6.45, 7) is 6.10. The molecule has 1 aliphatic heterocycles. The molecule has 0 aliphatic carbocycles. The number of aromatic nitrogens is 2. The summed E-state index contributed by atoms with van der Waals surface area (Å²) in [6, 6.07) is 2.51. The number of anilines is 1. The molecule has 1 aromatic heterocycles. The van der Waals surface area contributed by atoms with Crippen LogP contribution in [0.4, 0.5) is 5.82 Å². The molecular formula is C11H18N4. The zero-order valence-corrected chi connectivity index (χ0v) is 9.38. The van der Waals surface area contributed by atoms with Crippen LogP contribution in [0.25, 0.3) is 0 Å². The zero-order valence-electron chi connectivity index (χ0n) is 9.38. The van der Waals surface area contributed by atoms with E-state index in [1.807, 2.05) is 19.9 Å². The van der Waals surface area contributed by atoms with E-state index in [0.29, 0.717) is 6.04 Å². The van der Waals surface area contributed by atoms with Gasteiger partial charge in [0, 0.05) is 24.3 Å². The first kappa shape index (κ1) is 10.4. The van der Waals surface area contributed by atoms with Crippen molar-refractivity contribution in [2.45, 2.75) is 32.7 Å². The molecule has 1 unspecified atom stereocenters. The van der Waals surface area contributed by atoms with Crippen molar-refractivity contribution in [3.8, 4) is 0 Å². The van der Waals surface area contributed by atoms with Crippen LogP contribution in [0, 0.1) is 13.8 Å². The van der Waals surface area contributed by atoms with Gasteiger partial charge in [0.15, 0.2) is 0 Å². The molecule has 1 saturated heterocycles. The number of rotatable bonds is 2. The van der Waals surface area contributed by atoms with Gasteiger partial charge < -0.3 is 10.6 Å². The van der Waals surface area contributed by atoms with E-state index in [2.05, 4.69) is 20.6 Å². The Labute approximate surface area is 90.5 Å². The molecular weight excluding hydrogens is 188 g/mol. The van der Waals surface area contributed by atoms with E-state index in [1.165, 1.54) is 12.8 Å². The van der Waals surface area contributed by atoms with Crippen molar-refractivity contribution in [2.75, 3.05) is 18.4 Å². The van der Waals surface area contributed by atoms with Crippen LogP contribution in [-0.4, -0.2) is 29.1 Å². The van der Waals surface area contributed by atoms with Gasteiger partial charge in [-0.3, -0.25) is 0 Å². The van der Waals surface area contributed by atoms with Crippen molar-refractivity contribution in [3.05, 3.63) is 17.6 Å². The molecule has 82 valence electrons. The Bertz CT molecular complexity index is 311. The minimum atomic E-state index is 0.507. The lowest BCUT2D eigenvalue weighted by atomic mass is 10.1. The molecule has 2 heterocycles. The minimum Gasteiger partial charge on any atom is -0.366 e. The third-order valence-electron chi connectivity index (χ3n) is 2.61. The van der Waals surface area contributed by atoms with Crippen LogP contribution in [0.5, 0.6) is 0 Å². The SMILES string of the molecule is Cc1cc(NC2CCCNC2)nc(C)n1. The van der Waals surface area contributed by atoms with Gasteiger partial charge in [0.2, 0.25) is 0 Å². The summed E-state index contributed by atoms with van der Waals surface area (Å²) in [5, 5.41) is 6.83. The summed E-state index contributed by atoms with van der Waals surface area (Å²) in [7, 11) is 0. The van der Waals surface area contributed by atoms with Gasteiger partial charge in [-0.15, -0.1) is 0 Å². The second kappa shape index (κ2) is 4.57. The van der Waals surface area contributed by atoms with E-state index in [-0.39, 0.29) is 0 Å². The molecule has 1 aliphatic rings. The molecule has 0 amide bonds. The minimum absolute atomic E-state index is 0.507. The van der Waals surface area contributed by atoms with Gasteiger partial charge in [0.25, 0.3) is 0 Å². The van der Waals surface area contributed by atoms with Crippen LogP contribution < -0.4 is 10.6 Å². The molecule has 0 spiro atoms. The number of piperidine rings is 1. The fraction of sp³-hybridized carbons (Fsp3) is 0.636. The summed E-state index contributed by atoms with van der Waals surface area (Å²) < 4.78 is 0. The van der Waals surface area contributed by atoms with Gasteiger partial charge in [-0.25, -0.2) is 9.97 Å². The van der Waals surface area contributed by atoms with Gasteiger partial charge in [-0.05, 0) is 33.2 Å². The van der Waals surface area contributed by atoms with Gasteiger partial charge in [0.1, 0.15) is 11.6 Å². The van der Waals surface area contributed by atoms with Gasteiger partial charge in [-0.1, -0.05) is 0 Å². The first-order valence-electron chi connectivity index (χ1n) is 5.53. The molecule has 0 aromatic carbocycles. The Morgan fingerprint density at radius 1 is 1.40 bits per heavy atom. The Balaban J connectivity index is 2.02. The van der Waals surface area contributed by atoms with Crippen LogP contribution in [0.2, 0.25) is 0 Å². The number of hydrogen-bond donors (Lipinski definition) is 2. The smallest absolute Gasteiger partial charge is 0.130 e. The lowest BCUT2D eigenvalue weighted by molar-refractivity contribution is 0.479. The molecule has 0 radical (unpaired) electrons. The van der Waals surface area contributed by atoms with Crippen molar-refractivity contribution < 1.29 is 0 Å². The zero-order chi connectivity index (χ0) is 10.7.